The molecule has 0 aliphatic carbocycles. The molecule has 0 fully saturated rings. The summed E-state index contributed by atoms with van der Waals surface area (Å²) >= 11 is 0. The maximum atomic E-state index is 9.51. The molecule has 4 heterocycles. The molecule has 3 N–H and O–H groups in total. The van der Waals surface area contributed by atoms with Crippen LogP contribution in [0.15, 0.2) is 24.7 Å². The number of rotatable bonds is 5. The second kappa shape index (κ2) is 7.67. The number of nitrogens with one attached hydrogen (secondary N) is 2. The van der Waals surface area contributed by atoms with E-state index in [9.17, 15) is 5.11 Å². The molecule has 0 bridgehead atoms. The van der Waals surface area contributed by atoms with Gasteiger partial charge in [-0.2, -0.15) is 0 Å². The van der Waals surface area contributed by atoms with Crippen LogP contribution < -0.4 is 26.3 Å². The molecule has 0 unspecified atom stereocenters. The van der Waals surface area contributed by atoms with Crippen LogP contribution in [-0.2, 0) is 0 Å². The van der Waals surface area contributed by atoms with Crippen molar-refractivity contribution < 1.29 is 5.11 Å². The summed E-state index contributed by atoms with van der Waals surface area (Å²) in [7, 11) is 2.01. The van der Waals surface area contributed by atoms with Gasteiger partial charge in [0.1, 0.15) is 10.7 Å². The minimum absolute atomic E-state index is 0.246. The lowest BCUT2D eigenvalue weighted by molar-refractivity contribution is 0.208. The number of anilines is 2. The van der Waals surface area contributed by atoms with E-state index in [0.717, 1.165) is 40.0 Å². The number of nitrogens with zero attached hydrogens (tertiary/aromatic N) is 6. The Labute approximate surface area is 169 Å². The van der Waals surface area contributed by atoms with Crippen molar-refractivity contribution in [2.75, 3.05) is 30.4 Å². The first-order valence-electron chi connectivity index (χ1n) is 9.73. The van der Waals surface area contributed by atoms with Gasteiger partial charge in [-0.1, -0.05) is 0 Å². The fourth-order valence-electron chi connectivity index (χ4n) is 3.17. The molecule has 2 aliphatic heterocycles. The molecule has 1 atom stereocenters. The summed E-state index contributed by atoms with van der Waals surface area (Å²) in [5, 5.41) is 16.3. The highest BCUT2D eigenvalue weighted by atomic mass is 16.3. The van der Waals surface area contributed by atoms with E-state index in [1.54, 1.807) is 19.3 Å². The largest absolute Gasteiger partial charge is 0.392 e. The standard InChI is InChI=1S/C20H26N8O/c1-12(2)28-11-14(15-5-7-21-20(25-15)23-9-13(3)29)18(26-28)17-10-22-16-6-8-27(4)19(16)24-17/h5-7,10-13,26,29H,8-9H2,1-4H3,(H,21,23,25)/b18-17-/t13-/m0/s1. The lowest BCUT2D eigenvalue weighted by atomic mass is 10.1. The SMILES string of the molecule is CC(C)N1C=C(c2ccnc(NC[C@H](C)O)n2)/C(=c2\cnc3c(n2)N(C)CC=3)N1. The van der Waals surface area contributed by atoms with Crippen LogP contribution in [0, 0.1) is 0 Å². The van der Waals surface area contributed by atoms with E-state index in [0.29, 0.717) is 12.5 Å². The Morgan fingerprint density at radius 2 is 2.07 bits per heavy atom. The van der Waals surface area contributed by atoms with Gasteiger partial charge in [-0.3, -0.25) is 15.4 Å². The summed E-state index contributed by atoms with van der Waals surface area (Å²) in [5.74, 6) is 1.35. The van der Waals surface area contributed by atoms with Crippen molar-refractivity contribution in [2.45, 2.75) is 32.9 Å². The summed E-state index contributed by atoms with van der Waals surface area (Å²) < 4.78 is 0. The number of hydrazine groups is 1. The molecule has 4 rings (SSSR count). The smallest absolute Gasteiger partial charge is 0.223 e. The molecule has 0 aromatic carbocycles. The monoisotopic (exact) mass is 394 g/mol. The maximum Gasteiger partial charge on any atom is 0.223 e. The second-order valence-corrected chi connectivity index (χ2v) is 7.57. The van der Waals surface area contributed by atoms with E-state index >= 15 is 0 Å². The molecular weight excluding hydrogens is 368 g/mol. The number of hydrogen-bond acceptors (Lipinski definition) is 9. The van der Waals surface area contributed by atoms with Gasteiger partial charge in [-0.15, -0.1) is 0 Å². The van der Waals surface area contributed by atoms with E-state index < -0.39 is 6.10 Å². The van der Waals surface area contributed by atoms with Gasteiger partial charge in [-0.25, -0.2) is 15.0 Å². The normalized spacial score (nSPS) is 18.3. The first kappa shape index (κ1) is 19.1. The minimum atomic E-state index is -0.483. The Bertz CT molecular complexity index is 1060. The Morgan fingerprint density at radius 3 is 2.83 bits per heavy atom. The third-order valence-corrected chi connectivity index (χ3v) is 4.78. The first-order chi connectivity index (χ1) is 13.9. The first-order valence-corrected chi connectivity index (χ1v) is 9.73. The van der Waals surface area contributed by atoms with Crippen LogP contribution in [0.1, 0.15) is 26.5 Å². The van der Waals surface area contributed by atoms with Crippen LogP contribution in [0.25, 0.3) is 17.3 Å². The number of hydrogen-bond donors (Lipinski definition) is 3. The van der Waals surface area contributed by atoms with Gasteiger partial charge in [0.15, 0.2) is 5.82 Å². The third-order valence-electron chi connectivity index (χ3n) is 4.78. The predicted molar refractivity (Wildman–Crippen MR) is 113 cm³/mol. The number of aliphatic hydroxyl groups excluding tert-OH is 1. The fraction of sp³-hybridized carbons (Fsp3) is 0.400. The molecule has 0 saturated heterocycles. The van der Waals surface area contributed by atoms with Gasteiger partial charge in [0, 0.05) is 44.1 Å². The maximum absolute atomic E-state index is 9.51. The van der Waals surface area contributed by atoms with Gasteiger partial charge in [0.2, 0.25) is 5.95 Å². The number of fused-ring (bicyclic) bond motifs is 1. The van der Waals surface area contributed by atoms with Gasteiger partial charge >= 0.3 is 0 Å². The molecule has 0 radical (unpaired) electrons. The molecule has 2 aromatic heterocycles. The Hall–Kier alpha value is -3.20. The molecule has 9 heteroatoms. The van der Waals surface area contributed by atoms with Crippen LogP contribution in [0.2, 0.25) is 0 Å². The summed E-state index contributed by atoms with van der Waals surface area (Å²) in [5.41, 5.74) is 5.97. The summed E-state index contributed by atoms with van der Waals surface area (Å²) in [4.78, 5) is 20.4. The van der Waals surface area contributed by atoms with Crippen molar-refractivity contribution in [3.05, 3.63) is 41.1 Å². The highest BCUT2D eigenvalue weighted by Gasteiger charge is 2.24. The third kappa shape index (κ3) is 3.86. The van der Waals surface area contributed by atoms with Crippen molar-refractivity contribution in [1.82, 2.24) is 30.4 Å². The molecule has 152 valence electrons. The van der Waals surface area contributed by atoms with Gasteiger partial charge in [-0.05, 0) is 32.9 Å². The van der Waals surface area contributed by atoms with E-state index in [1.807, 2.05) is 24.3 Å². The quantitative estimate of drug-likeness (QED) is 0.629. The molecule has 29 heavy (non-hydrogen) atoms. The number of aromatic nitrogens is 4. The predicted octanol–water partition coefficient (Wildman–Crippen LogP) is -0.332. The van der Waals surface area contributed by atoms with Crippen molar-refractivity contribution >= 4 is 29.1 Å². The molecule has 0 spiro atoms. The van der Waals surface area contributed by atoms with E-state index in [4.69, 9.17) is 4.98 Å². The molecule has 0 saturated carbocycles. The molecular formula is C20H26N8O. The van der Waals surface area contributed by atoms with E-state index in [2.05, 4.69) is 50.5 Å². The molecule has 2 aromatic rings. The van der Waals surface area contributed by atoms with Crippen LogP contribution in [0.3, 0.4) is 0 Å². The summed E-state index contributed by atoms with van der Waals surface area (Å²) in [6, 6.07) is 2.11. The fourth-order valence-corrected chi connectivity index (χ4v) is 3.17. The zero-order valence-corrected chi connectivity index (χ0v) is 17.1. The molecule has 9 nitrogen and oxygen atoms in total. The topological polar surface area (TPSA) is 102 Å². The zero-order valence-electron chi connectivity index (χ0n) is 17.1. The van der Waals surface area contributed by atoms with Crippen LogP contribution in [0.4, 0.5) is 11.8 Å². The number of aliphatic hydroxyl groups is 1. The summed E-state index contributed by atoms with van der Waals surface area (Å²) in [6.45, 7) is 7.13. The van der Waals surface area contributed by atoms with Crippen molar-refractivity contribution in [3.63, 3.8) is 0 Å². The lowest BCUT2D eigenvalue weighted by Crippen LogP contribution is -2.36. The van der Waals surface area contributed by atoms with Crippen LogP contribution >= 0.6 is 0 Å². The highest BCUT2D eigenvalue weighted by Crippen LogP contribution is 2.27. The van der Waals surface area contributed by atoms with Gasteiger partial charge in [0.05, 0.1) is 23.7 Å². The van der Waals surface area contributed by atoms with Crippen LogP contribution in [-0.4, -0.2) is 62.3 Å². The minimum Gasteiger partial charge on any atom is -0.392 e. The lowest BCUT2D eigenvalue weighted by Gasteiger charge is -2.21. The van der Waals surface area contributed by atoms with Crippen LogP contribution in [0.5, 0.6) is 0 Å². The Morgan fingerprint density at radius 1 is 1.24 bits per heavy atom. The average molecular weight is 394 g/mol. The highest BCUT2D eigenvalue weighted by molar-refractivity contribution is 5.96. The Kier molecular flexibility index (Phi) is 5.06. The molecule has 2 aliphatic rings. The molecule has 0 amide bonds. The van der Waals surface area contributed by atoms with Crippen molar-refractivity contribution in [1.29, 1.82) is 0 Å². The average Bonchev–Trinajstić information content (AvgIpc) is 3.31. The van der Waals surface area contributed by atoms with Crippen molar-refractivity contribution in [3.8, 4) is 0 Å². The summed E-state index contributed by atoms with van der Waals surface area (Å²) in [6.07, 6.45) is 7.12. The van der Waals surface area contributed by atoms with E-state index in [1.165, 1.54) is 0 Å². The second-order valence-electron chi connectivity index (χ2n) is 7.57. The van der Waals surface area contributed by atoms with E-state index in [-0.39, 0.29) is 6.04 Å². The zero-order chi connectivity index (χ0) is 20.5. The van der Waals surface area contributed by atoms with Crippen molar-refractivity contribution in [2.24, 2.45) is 0 Å². The van der Waals surface area contributed by atoms with Gasteiger partial charge in [0.25, 0.3) is 0 Å². The Balaban J connectivity index is 1.78. The van der Waals surface area contributed by atoms with Gasteiger partial charge < -0.3 is 15.3 Å².